The normalized spacial score (nSPS) is 16.8. The second-order valence-corrected chi connectivity index (χ2v) is 7.01. The lowest BCUT2D eigenvalue weighted by molar-refractivity contribution is 0.448. The van der Waals surface area contributed by atoms with Gasteiger partial charge in [-0.2, -0.15) is 5.10 Å². The Labute approximate surface area is 153 Å². The van der Waals surface area contributed by atoms with Crippen molar-refractivity contribution < 1.29 is 4.42 Å². The molecular formula is C19H14BrClN2O. The van der Waals surface area contributed by atoms with Crippen LogP contribution < -0.4 is 5.43 Å². The molecule has 0 saturated carbocycles. The van der Waals surface area contributed by atoms with Gasteiger partial charge >= 0.3 is 0 Å². The Morgan fingerprint density at radius 3 is 2.42 bits per heavy atom. The summed E-state index contributed by atoms with van der Waals surface area (Å²) in [6.07, 6.45) is 0.787. The van der Waals surface area contributed by atoms with E-state index in [1.54, 1.807) is 0 Å². The van der Waals surface area contributed by atoms with Crippen LogP contribution in [-0.2, 0) is 0 Å². The van der Waals surface area contributed by atoms with Crippen LogP contribution in [-0.4, -0.2) is 5.71 Å². The van der Waals surface area contributed by atoms with Crippen molar-refractivity contribution >= 4 is 33.2 Å². The zero-order valence-corrected chi connectivity index (χ0v) is 15.0. The predicted octanol–water partition coefficient (Wildman–Crippen LogP) is 5.80. The van der Waals surface area contributed by atoms with Gasteiger partial charge in [-0.3, -0.25) is 5.43 Å². The van der Waals surface area contributed by atoms with E-state index < -0.39 is 0 Å². The number of hydrogen-bond donors (Lipinski definition) is 1. The maximum atomic E-state index is 6.02. The number of hydrazone groups is 1. The van der Waals surface area contributed by atoms with Gasteiger partial charge in [0, 0.05) is 21.5 Å². The van der Waals surface area contributed by atoms with E-state index >= 15 is 0 Å². The van der Waals surface area contributed by atoms with Gasteiger partial charge in [-0.15, -0.1) is 0 Å². The Morgan fingerprint density at radius 1 is 0.958 bits per heavy atom. The summed E-state index contributed by atoms with van der Waals surface area (Å²) in [5.74, 6) is 1.75. The summed E-state index contributed by atoms with van der Waals surface area (Å²) in [5, 5.41) is 5.17. The zero-order valence-electron chi connectivity index (χ0n) is 12.7. The number of benzene rings is 2. The lowest BCUT2D eigenvalue weighted by Gasteiger charge is -2.06. The summed E-state index contributed by atoms with van der Waals surface area (Å²) in [6, 6.07) is 19.9. The molecule has 1 aromatic heterocycles. The van der Waals surface area contributed by atoms with Gasteiger partial charge in [0.25, 0.3) is 0 Å². The second-order valence-electron chi connectivity index (χ2n) is 5.66. The van der Waals surface area contributed by atoms with Gasteiger partial charge in [0.05, 0.1) is 5.71 Å². The lowest BCUT2D eigenvalue weighted by Crippen LogP contribution is -2.08. The molecule has 120 valence electrons. The summed E-state index contributed by atoms with van der Waals surface area (Å²) in [7, 11) is 0. The van der Waals surface area contributed by atoms with Crippen LogP contribution in [0.4, 0.5) is 0 Å². The molecule has 0 fully saturated rings. The lowest BCUT2D eigenvalue weighted by atomic mass is 10.0. The van der Waals surface area contributed by atoms with Gasteiger partial charge in [-0.1, -0.05) is 51.8 Å². The van der Waals surface area contributed by atoms with Gasteiger partial charge < -0.3 is 4.42 Å². The van der Waals surface area contributed by atoms with Crippen LogP contribution in [0.5, 0.6) is 0 Å². The largest absolute Gasteiger partial charge is 0.459 e. The van der Waals surface area contributed by atoms with Crippen molar-refractivity contribution in [1.82, 2.24) is 5.43 Å². The van der Waals surface area contributed by atoms with Crippen LogP contribution in [0, 0.1) is 0 Å². The minimum Gasteiger partial charge on any atom is -0.459 e. The van der Waals surface area contributed by atoms with E-state index in [0.29, 0.717) is 0 Å². The highest BCUT2D eigenvalue weighted by Gasteiger charge is 2.24. The second kappa shape index (κ2) is 6.46. The van der Waals surface area contributed by atoms with E-state index in [2.05, 4.69) is 26.5 Å². The average Bonchev–Trinajstić information content (AvgIpc) is 3.25. The van der Waals surface area contributed by atoms with Crippen LogP contribution in [0.1, 0.15) is 23.8 Å². The number of rotatable bonds is 3. The van der Waals surface area contributed by atoms with Crippen molar-refractivity contribution in [3.63, 3.8) is 0 Å². The van der Waals surface area contributed by atoms with Gasteiger partial charge in [0.2, 0.25) is 0 Å². The number of nitrogens with one attached hydrogen (secondary N) is 1. The molecular weight excluding hydrogens is 388 g/mol. The summed E-state index contributed by atoms with van der Waals surface area (Å²) in [5.41, 5.74) is 6.31. The first-order valence-corrected chi connectivity index (χ1v) is 8.80. The number of furan rings is 1. The number of nitrogens with zero attached hydrogens (tertiary/aromatic N) is 1. The molecule has 5 heteroatoms. The third-order valence-electron chi connectivity index (χ3n) is 4.03. The molecule has 3 aromatic rings. The molecule has 1 N–H and O–H groups in total. The van der Waals surface area contributed by atoms with Crippen LogP contribution in [0.15, 0.2) is 74.7 Å². The van der Waals surface area contributed by atoms with Crippen LogP contribution in [0.2, 0.25) is 5.02 Å². The van der Waals surface area contributed by atoms with E-state index in [0.717, 1.165) is 44.3 Å². The first-order chi connectivity index (χ1) is 11.7. The molecule has 0 saturated heterocycles. The van der Waals surface area contributed by atoms with Crippen molar-refractivity contribution in [3.05, 3.63) is 81.5 Å². The highest BCUT2D eigenvalue weighted by atomic mass is 79.9. The molecule has 0 radical (unpaired) electrons. The van der Waals surface area contributed by atoms with Crippen molar-refractivity contribution in [2.75, 3.05) is 0 Å². The van der Waals surface area contributed by atoms with E-state index in [1.807, 2.05) is 60.7 Å². The fourth-order valence-corrected chi connectivity index (χ4v) is 3.13. The maximum absolute atomic E-state index is 6.02. The van der Waals surface area contributed by atoms with Crippen LogP contribution in [0.25, 0.3) is 11.3 Å². The van der Waals surface area contributed by atoms with Crippen LogP contribution >= 0.6 is 27.5 Å². The molecule has 0 aliphatic carbocycles. The van der Waals surface area contributed by atoms with E-state index in [-0.39, 0.29) is 6.04 Å². The molecule has 4 rings (SSSR count). The van der Waals surface area contributed by atoms with Crippen molar-refractivity contribution in [2.45, 2.75) is 12.5 Å². The Balaban J connectivity index is 1.50. The highest BCUT2D eigenvalue weighted by molar-refractivity contribution is 9.10. The molecule has 24 heavy (non-hydrogen) atoms. The number of halogens is 2. The zero-order chi connectivity index (χ0) is 16.5. The van der Waals surface area contributed by atoms with Gasteiger partial charge in [0.1, 0.15) is 17.6 Å². The topological polar surface area (TPSA) is 37.5 Å². The molecule has 1 atom stereocenters. The van der Waals surface area contributed by atoms with Crippen molar-refractivity contribution in [1.29, 1.82) is 0 Å². The van der Waals surface area contributed by atoms with Gasteiger partial charge in [0.15, 0.2) is 0 Å². The van der Waals surface area contributed by atoms with E-state index in [1.165, 1.54) is 0 Å². The fraction of sp³-hybridized carbons (Fsp3) is 0.105. The molecule has 1 aliphatic heterocycles. The smallest absolute Gasteiger partial charge is 0.134 e. The van der Waals surface area contributed by atoms with E-state index in [4.69, 9.17) is 16.0 Å². The van der Waals surface area contributed by atoms with Gasteiger partial charge in [-0.25, -0.2) is 0 Å². The summed E-state index contributed by atoms with van der Waals surface area (Å²) in [6.45, 7) is 0. The Hall–Kier alpha value is -2.04. The molecule has 2 aromatic carbocycles. The Bertz CT molecular complexity index is 884. The molecule has 3 nitrogen and oxygen atoms in total. The highest BCUT2D eigenvalue weighted by Crippen LogP contribution is 2.30. The third-order valence-corrected chi connectivity index (χ3v) is 4.81. The SMILES string of the molecule is Clc1ccc(C2=NNC(c3ccc(-c4ccc(Br)cc4)o3)C2)cc1. The van der Waals surface area contributed by atoms with E-state index in [9.17, 15) is 0 Å². The summed E-state index contributed by atoms with van der Waals surface area (Å²) in [4.78, 5) is 0. The predicted molar refractivity (Wildman–Crippen MR) is 100 cm³/mol. The van der Waals surface area contributed by atoms with Crippen molar-refractivity contribution in [3.8, 4) is 11.3 Å². The molecule has 1 aliphatic rings. The maximum Gasteiger partial charge on any atom is 0.134 e. The molecule has 0 bridgehead atoms. The summed E-state index contributed by atoms with van der Waals surface area (Å²) < 4.78 is 7.08. The molecule has 1 unspecified atom stereocenters. The minimum absolute atomic E-state index is 0.0554. The standard InChI is InChI=1S/C19H14BrClN2O/c20-14-5-1-13(2-6-14)18-9-10-19(24-18)17-11-16(22-23-17)12-3-7-15(21)8-4-12/h1-10,17,23H,11H2. The molecule has 0 spiro atoms. The first-order valence-electron chi connectivity index (χ1n) is 7.63. The number of hydrogen-bond acceptors (Lipinski definition) is 3. The quantitative estimate of drug-likeness (QED) is 0.602. The van der Waals surface area contributed by atoms with Crippen LogP contribution in [0.3, 0.4) is 0 Å². The Morgan fingerprint density at radius 2 is 1.67 bits per heavy atom. The average molecular weight is 402 g/mol. The third kappa shape index (κ3) is 3.12. The van der Waals surface area contributed by atoms with Crippen molar-refractivity contribution in [2.24, 2.45) is 5.10 Å². The Kier molecular flexibility index (Phi) is 4.17. The minimum atomic E-state index is 0.0554. The molecule has 0 amide bonds. The van der Waals surface area contributed by atoms with Gasteiger partial charge in [-0.05, 0) is 42.0 Å². The summed E-state index contributed by atoms with van der Waals surface area (Å²) >= 11 is 9.39. The first kappa shape index (κ1) is 15.5. The molecule has 2 heterocycles. The monoisotopic (exact) mass is 400 g/mol. The fourth-order valence-electron chi connectivity index (χ4n) is 2.74.